The van der Waals surface area contributed by atoms with Crippen molar-refractivity contribution in [2.75, 3.05) is 0 Å². The zero-order valence-corrected chi connectivity index (χ0v) is 21.3. The van der Waals surface area contributed by atoms with Crippen LogP contribution in [0.5, 0.6) is 0 Å². The minimum absolute atomic E-state index is 0.227. The van der Waals surface area contributed by atoms with Crippen molar-refractivity contribution in [1.29, 1.82) is 0 Å². The number of halogens is 3. The van der Waals surface area contributed by atoms with Gasteiger partial charge in [0.05, 0.1) is 0 Å². The molecule has 0 saturated heterocycles. The van der Waals surface area contributed by atoms with Crippen molar-refractivity contribution in [1.82, 2.24) is 0 Å². The second-order valence-corrected chi connectivity index (χ2v) is 9.77. The van der Waals surface area contributed by atoms with Gasteiger partial charge in [0.15, 0.2) is 11.6 Å². The van der Waals surface area contributed by atoms with Crippen LogP contribution in [0.4, 0.5) is 13.2 Å². The lowest BCUT2D eigenvalue weighted by molar-refractivity contribution is 0.498. The average Bonchev–Trinajstić information content (AvgIpc) is 2.90. The summed E-state index contributed by atoms with van der Waals surface area (Å²) in [4.78, 5) is 0. The van der Waals surface area contributed by atoms with E-state index >= 15 is 4.39 Å². The third-order valence-electron chi connectivity index (χ3n) is 7.22. The smallest absolute Gasteiger partial charge is 0.166 e. The largest absolute Gasteiger partial charge is 0.206 e. The molecule has 0 aromatic heterocycles. The molecule has 0 amide bonds. The van der Waals surface area contributed by atoms with E-state index in [2.05, 4.69) is 25.2 Å². The molecule has 4 rings (SSSR count). The number of aryl methyl sites for hydroxylation is 1. The van der Waals surface area contributed by atoms with E-state index in [4.69, 9.17) is 0 Å². The number of rotatable bonds is 9. The lowest BCUT2D eigenvalue weighted by Gasteiger charge is -2.20. The van der Waals surface area contributed by atoms with E-state index in [1.807, 2.05) is 31.2 Å². The molecule has 0 heterocycles. The maximum Gasteiger partial charge on any atom is 0.166 e. The number of allylic oxidation sites excluding steroid dienone is 4. The summed E-state index contributed by atoms with van der Waals surface area (Å²) < 4.78 is 44.6. The van der Waals surface area contributed by atoms with Crippen molar-refractivity contribution in [2.45, 2.75) is 65.2 Å². The molecule has 3 aromatic rings. The van der Waals surface area contributed by atoms with E-state index in [9.17, 15) is 8.78 Å². The molecule has 0 bridgehead atoms. The van der Waals surface area contributed by atoms with E-state index in [1.165, 1.54) is 0 Å². The number of unbranched alkanes of at least 4 members (excludes halogenated alkanes) is 3. The molecule has 1 unspecified atom stereocenters. The van der Waals surface area contributed by atoms with Gasteiger partial charge in [-0.05, 0) is 78.8 Å². The molecule has 0 nitrogen and oxygen atoms in total. The van der Waals surface area contributed by atoms with Gasteiger partial charge in [0.25, 0.3) is 0 Å². The van der Waals surface area contributed by atoms with Crippen LogP contribution in [0.15, 0.2) is 72.8 Å². The van der Waals surface area contributed by atoms with Gasteiger partial charge in [0.1, 0.15) is 5.82 Å². The highest BCUT2D eigenvalue weighted by Gasteiger charge is 2.17. The molecule has 1 aliphatic carbocycles. The molecular formula is C33H35F3. The second kappa shape index (κ2) is 12.3. The Hall–Kier alpha value is -3.07. The predicted octanol–water partition coefficient (Wildman–Crippen LogP) is 10.3. The van der Waals surface area contributed by atoms with Crippen LogP contribution in [0.2, 0.25) is 0 Å². The third-order valence-corrected chi connectivity index (χ3v) is 7.22. The fourth-order valence-electron chi connectivity index (χ4n) is 5.09. The molecule has 1 aliphatic rings. The van der Waals surface area contributed by atoms with Crippen LogP contribution in [0, 0.1) is 23.4 Å². The Morgan fingerprint density at radius 1 is 0.806 bits per heavy atom. The summed E-state index contributed by atoms with van der Waals surface area (Å²) in [6, 6.07) is 15.9. The number of hydrogen-bond acceptors (Lipinski definition) is 0. The van der Waals surface area contributed by atoms with Crippen LogP contribution in [-0.4, -0.2) is 0 Å². The quantitative estimate of drug-likeness (QED) is 0.208. The van der Waals surface area contributed by atoms with E-state index in [0.29, 0.717) is 29.0 Å². The molecule has 3 aromatic carbocycles. The average molecular weight is 489 g/mol. The van der Waals surface area contributed by atoms with E-state index < -0.39 is 11.6 Å². The molecule has 0 saturated carbocycles. The monoisotopic (exact) mass is 488 g/mol. The standard InChI is InChI=1S/C33H35F3/c1-3-5-6-7-9-27-18-21-30(33(36)32(27)35)26-16-14-24(15-17-26)28-19-20-29(31(34)22-28)25-12-10-23(8-4-2)11-13-25/h4,8,12,14-23H,3,5-7,9-11,13H2,1-2H3. The van der Waals surface area contributed by atoms with Gasteiger partial charge in [-0.15, -0.1) is 0 Å². The predicted molar refractivity (Wildman–Crippen MR) is 145 cm³/mol. The summed E-state index contributed by atoms with van der Waals surface area (Å²) in [6.07, 6.45) is 14.0. The Morgan fingerprint density at radius 3 is 2.19 bits per heavy atom. The maximum absolute atomic E-state index is 15.0. The Bertz CT molecular complexity index is 1230. The van der Waals surface area contributed by atoms with Gasteiger partial charge >= 0.3 is 0 Å². The van der Waals surface area contributed by atoms with Gasteiger partial charge in [-0.2, -0.15) is 0 Å². The van der Waals surface area contributed by atoms with Crippen molar-refractivity contribution in [2.24, 2.45) is 5.92 Å². The minimum Gasteiger partial charge on any atom is -0.206 e. The van der Waals surface area contributed by atoms with Gasteiger partial charge in [0.2, 0.25) is 0 Å². The van der Waals surface area contributed by atoms with Crippen LogP contribution in [-0.2, 0) is 6.42 Å². The number of benzene rings is 3. The molecule has 0 radical (unpaired) electrons. The fourth-order valence-corrected chi connectivity index (χ4v) is 5.09. The molecule has 0 fully saturated rings. The molecule has 0 aliphatic heterocycles. The van der Waals surface area contributed by atoms with Crippen molar-refractivity contribution < 1.29 is 13.2 Å². The van der Waals surface area contributed by atoms with Crippen LogP contribution < -0.4 is 0 Å². The van der Waals surface area contributed by atoms with Gasteiger partial charge in [-0.3, -0.25) is 0 Å². The van der Waals surface area contributed by atoms with E-state index in [1.54, 1.807) is 30.3 Å². The Labute approximate surface area is 213 Å². The first-order chi connectivity index (χ1) is 17.5. The van der Waals surface area contributed by atoms with Gasteiger partial charge in [-0.1, -0.05) is 92.9 Å². The van der Waals surface area contributed by atoms with Gasteiger partial charge < -0.3 is 0 Å². The molecule has 188 valence electrons. The second-order valence-electron chi connectivity index (χ2n) is 9.77. The SMILES string of the molecule is CC=CC1CC=C(c2ccc(-c3ccc(-c4ccc(CCCCCC)c(F)c4F)cc3)cc2F)CC1. The van der Waals surface area contributed by atoms with Crippen molar-refractivity contribution >= 4 is 5.57 Å². The van der Waals surface area contributed by atoms with Crippen LogP contribution in [0.25, 0.3) is 27.8 Å². The van der Waals surface area contributed by atoms with Gasteiger partial charge in [0, 0.05) is 11.1 Å². The number of hydrogen-bond donors (Lipinski definition) is 0. The first-order valence-electron chi connectivity index (χ1n) is 13.2. The van der Waals surface area contributed by atoms with Crippen LogP contribution in [0.3, 0.4) is 0 Å². The molecule has 36 heavy (non-hydrogen) atoms. The van der Waals surface area contributed by atoms with Crippen molar-refractivity contribution in [3.63, 3.8) is 0 Å². The Kier molecular flexibility index (Phi) is 8.85. The molecular weight excluding hydrogens is 453 g/mol. The first kappa shape index (κ1) is 26.0. The van der Waals surface area contributed by atoms with Gasteiger partial charge in [-0.25, -0.2) is 13.2 Å². The van der Waals surface area contributed by atoms with Crippen LogP contribution >= 0.6 is 0 Å². The van der Waals surface area contributed by atoms with Crippen molar-refractivity contribution in [3.05, 3.63) is 101 Å². The summed E-state index contributed by atoms with van der Waals surface area (Å²) in [6.45, 7) is 4.16. The maximum atomic E-state index is 15.0. The lowest BCUT2D eigenvalue weighted by atomic mass is 9.86. The zero-order valence-electron chi connectivity index (χ0n) is 21.3. The summed E-state index contributed by atoms with van der Waals surface area (Å²) in [5.74, 6) is -1.24. The van der Waals surface area contributed by atoms with Crippen molar-refractivity contribution in [3.8, 4) is 22.3 Å². The topological polar surface area (TPSA) is 0 Å². The lowest BCUT2D eigenvalue weighted by Crippen LogP contribution is -2.03. The summed E-state index contributed by atoms with van der Waals surface area (Å²) in [7, 11) is 0. The highest BCUT2D eigenvalue weighted by molar-refractivity contribution is 5.74. The Morgan fingerprint density at radius 2 is 1.53 bits per heavy atom. The van der Waals surface area contributed by atoms with Crippen LogP contribution in [0.1, 0.15) is 69.9 Å². The van der Waals surface area contributed by atoms with E-state index in [-0.39, 0.29) is 11.4 Å². The zero-order chi connectivity index (χ0) is 25.5. The highest BCUT2D eigenvalue weighted by Crippen LogP contribution is 2.34. The summed E-state index contributed by atoms with van der Waals surface area (Å²) in [5, 5.41) is 0. The third kappa shape index (κ3) is 6.00. The van der Waals surface area contributed by atoms with E-state index in [0.717, 1.165) is 61.6 Å². The minimum atomic E-state index is -0.802. The Balaban J connectivity index is 1.49. The molecule has 0 spiro atoms. The normalized spacial score (nSPS) is 15.9. The molecule has 0 N–H and O–H groups in total. The first-order valence-corrected chi connectivity index (χ1v) is 13.2. The summed E-state index contributed by atoms with van der Waals surface area (Å²) in [5.41, 5.74) is 4.63. The fraction of sp³-hybridized carbons (Fsp3) is 0.333. The highest BCUT2D eigenvalue weighted by atomic mass is 19.2. The summed E-state index contributed by atoms with van der Waals surface area (Å²) >= 11 is 0. The molecule has 1 atom stereocenters. The molecule has 3 heteroatoms.